The van der Waals surface area contributed by atoms with E-state index in [1.807, 2.05) is 18.2 Å². The zero-order valence-corrected chi connectivity index (χ0v) is 10.9. The molecule has 0 aliphatic carbocycles. The Kier molecular flexibility index (Phi) is 6.41. The van der Waals surface area contributed by atoms with E-state index in [-0.39, 0.29) is 0 Å². The molecule has 1 rings (SSSR count). The second kappa shape index (κ2) is 7.91. The van der Waals surface area contributed by atoms with Crippen LogP contribution in [0.1, 0.15) is 25.3 Å². The molecule has 0 heterocycles. The van der Waals surface area contributed by atoms with E-state index in [0.29, 0.717) is 6.04 Å². The van der Waals surface area contributed by atoms with Gasteiger partial charge >= 0.3 is 0 Å². The summed E-state index contributed by atoms with van der Waals surface area (Å²) in [5, 5.41) is 3.54. The maximum Gasteiger partial charge on any atom is 0.119 e. The number of ether oxygens (including phenoxy) is 1. The lowest BCUT2D eigenvalue weighted by atomic mass is 10.0. The van der Waals surface area contributed by atoms with Gasteiger partial charge in [-0.25, -0.2) is 0 Å². The van der Waals surface area contributed by atoms with Crippen molar-refractivity contribution in [2.24, 2.45) is 0 Å². The number of hydrogen-bond acceptors (Lipinski definition) is 2. The van der Waals surface area contributed by atoms with Gasteiger partial charge in [0.15, 0.2) is 0 Å². The maximum absolute atomic E-state index is 5.24. The molecule has 0 spiro atoms. The molecule has 0 aromatic heterocycles. The van der Waals surface area contributed by atoms with Gasteiger partial charge in [0.25, 0.3) is 0 Å². The molecule has 1 aromatic carbocycles. The second-order valence-corrected chi connectivity index (χ2v) is 4.23. The van der Waals surface area contributed by atoms with Gasteiger partial charge in [-0.3, -0.25) is 0 Å². The van der Waals surface area contributed by atoms with Crippen LogP contribution in [0.5, 0.6) is 5.75 Å². The minimum absolute atomic E-state index is 0.472. The SMILES string of the molecule is C=CCC(Cc1cccc(OC)c1)NCCC. The van der Waals surface area contributed by atoms with Gasteiger partial charge in [-0.1, -0.05) is 25.1 Å². The average molecular weight is 233 g/mol. The van der Waals surface area contributed by atoms with Gasteiger partial charge in [0.05, 0.1) is 7.11 Å². The van der Waals surface area contributed by atoms with Crippen LogP contribution < -0.4 is 10.1 Å². The van der Waals surface area contributed by atoms with Crippen LogP contribution in [0.2, 0.25) is 0 Å². The normalized spacial score (nSPS) is 12.1. The van der Waals surface area contributed by atoms with Crippen LogP contribution in [0.25, 0.3) is 0 Å². The Bertz CT molecular complexity index is 335. The Morgan fingerprint density at radius 1 is 1.47 bits per heavy atom. The topological polar surface area (TPSA) is 21.3 Å². The largest absolute Gasteiger partial charge is 0.497 e. The predicted octanol–water partition coefficient (Wildman–Crippen LogP) is 3.18. The van der Waals surface area contributed by atoms with Crippen LogP contribution in [-0.4, -0.2) is 19.7 Å². The highest BCUT2D eigenvalue weighted by Crippen LogP contribution is 2.15. The molecule has 1 unspecified atom stereocenters. The Labute approximate surface area is 105 Å². The summed E-state index contributed by atoms with van der Waals surface area (Å²) < 4.78 is 5.24. The van der Waals surface area contributed by atoms with Crippen molar-refractivity contribution in [2.45, 2.75) is 32.2 Å². The van der Waals surface area contributed by atoms with Crippen molar-refractivity contribution in [3.05, 3.63) is 42.5 Å². The van der Waals surface area contributed by atoms with Crippen molar-refractivity contribution in [1.29, 1.82) is 0 Å². The second-order valence-electron chi connectivity index (χ2n) is 4.23. The molecule has 0 fully saturated rings. The number of hydrogen-bond donors (Lipinski definition) is 1. The Hall–Kier alpha value is -1.28. The molecule has 1 atom stereocenters. The first-order valence-electron chi connectivity index (χ1n) is 6.27. The summed E-state index contributed by atoms with van der Waals surface area (Å²) in [4.78, 5) is 0. The van der Waals surface area contributed by atoms with Crippen LogP contribution >= 0.6 is 0 Å². The van der Waals surface area contributed by atoms with E-state index in [9.17, 15) is 0 Å². The Morgan fingerprint density at radius 3 is 2.94 bits per heavy atom. The molecule has 94 valence electrons. The van der Waals surface area contributed by atoms with Gasteiger partial charge in [0.1, 0.15) is 5.75 Å². The standard InChI is InChI=1S/C15H23NO/c1-4-7-14(16-10-5-2)11-13-8-6-9-15(12-13)17-3/h4,6,8-9,12,14,16H,1,5,7,10-11H2,2-3H3. The van der Waals surface area contributed by atoms with Crippen molar-refractivity contribution in [1.82, 2.24) is 5.32 Å². The van der Waals surface area contributed by atoms with Gasteiger partial charge in [-0.15, -0.1) is 6.58 Å². The quantitative estimate of drug-likeness (QED) is 0.696. The highest BCUT2D eigenvalue weighted by molar-refractivity contribution is 5.29. The zero-order chi connectivity index (χ0) is 12.5. The highest BCUT2D eigenvalue weighted by Gasteiger charge is 2.07. The van der Waals surface area contributed by atoms with Gasteiger partial charge < -0.3 is 10.1 Å². The summed E-state index contributed by atoms with van der Waals surface area (Å²) >= 11 is 0. The van der Waals surface area contributed by atoms with E-state index in [4.69, 9.17) is 4.74 Å². The third-order valence-corrected chi connectivity index (χ3v) is 2.75. The van der Waals surface area contributed by atoms with E-state index in [1.165, 1.54) is 5.56 Å². The smallest absolute Gasteiger partial charge is 0.119 e. The first-order valence-corrected chi connectivity index (χ1v) is 6.27. The first-order chi connectivity index (χ1) is 8.30. The van der Waals surface area contributed by atoms with Crippen molar-refractivity contribution in [3.63, 3.8) is 0 Å². The number of nitrogens with one attached hydrogen (secondary N) is 1. The van der Waals surface area contributed by atoms with E-state index in [0.717, 1.165) is 31.6 Å². The lowest BCUT2D eigenvalue weighted by molar-refractivity contribution is 0.413. The molecule has 17 heavy (non-hydrogen) atoms. The molecule has 2 nitrogen and oxygen atoms in total. The van der Waals surface area contributed by atoms with Crippen molar-refractivity contribution in [3.8, 4) is 5.75 Å². The van der Waals surface area contributed by atoms with Gasteiger partial charge in [-0.05, 0) is 43.5 Å². The maximum atomic E-state index is 5.24. The van der Waals surface area contributed by atoms with Crippen LogP contribution in [0.3, 0.4) is 0 Å². The number of rotatable bonds is 8. The molecule has 0 aliphatic rings. The third-order valence-electron chi connectivity index (χ3n) is 2.75. The zero-order valence-electron chi connectivity index (χ0n) is 10.9. The van der Waals surface area contributed by atoms with Gasteiger partial charge in [0.2, 0.25) is 0 Å². The minimum Gasteiger partial charge on any atom is -0.497 e. The summed E-state index contributed by atoms with van der Waals surface area (Å²) in [7, 11) is 1.70. The summed E-state index contributed by atoms with van der Waals surface area (Å²) in [5.74, 6) is 0.926. The van der Waals surface area contributed by atoms with Crippen molar-refractivity contribution in [2.75, 3.05) is 13.7 Å². The molecule has 2 heteroatoms. The number of benzene rings is 1. The predicted molar refractivity (Wildman–Crippen MR) is 73.6 cm³/mol. The Balaban J connectivity index is 2.60. The summed E-state index contributed by atoms with van der Waals surface area (Å²) in [5.41, 5.74) is 1.31. The molecule has 0 amide bonds. The molecule has 0 radical (unpaired) electrons. The lowest BCUT2D eigenvalue weighted by Gasteiger charge is -2.17. The van der Waals surface area contributed by atoms with Gasteiger partial charge in [-0.2, -0.15) is 0 Å². The molecule has 1 aromatic rings. The fourth-order valence-electron chi connectivity index (χ4n) is 1.87. The lowest BCUT2D eigenvalue weighted by Crippen LogP contribution is -2.31. The number of methoxy groups -OCH3 is 1. The molecular weight excluding hydrogens is 210 g/mol. The fourth-order valence-corrected chi connectivity index (χ4v) is 1.87. The van der Waals surface area contributed by atoms with Crippen LogP contribution in [0.15, 0.2) is 36.9 Å². The van der Waals surface area contributed by atoms with Crippen molar-refractivity contribution >= 4 is 0 Å². The summed E-state index contributed by atoms with van der Waals surface area (Å²) in [6.45, 7) is 7.06. The van der Waals surface area contributed by atoms with E-state index in [2.05, 4.69) is 31.0 Å². The van der Waals surface area contributed by atoms with E-state index >= 15 is 0 Å². The molecular formula is C15H23NO. The molecule has 0 aliphatic heterocycles. The van der Waals surface area contributed by atoms with E-state index < -0.39 is 0 Å². The molecule has 0 bridgehead atoms. The van der Waals surface area contributed by atoms with Gasteiger partial charge in [0, 0.05) is 6.04 Å². The van der Waals surface area contributed by atoms with E-state index in [1.54, 1.807) is 7.11 Å². The minimum atomic E-state index is 0.472. The first kappa shape index (κ1) is 13.8. The monoisotopic (exact) mass is 233 g/mol. The molecule has 1 N–H and O–H groups in total. The van der Waals surface area contributed by atoms with Crippen molar-refractivity contribution < 1.29 is 4.74 Å². The highest BCUT2D eigenvalue weighted by atomic mass is 16.5. The van der Waals surface area contributed by atoms with Crippen LogP contribution in [-0.2, 0) is 6.42 Å². The Morgan fingerprint density at radius 2 is 2.29 bits per heavy atom. The summed E-state index contributed by atoms with van der Waals surface area (Å²) in [6.07, 6.45) is 5.15. The fraction of sp³-hybridized carbons (Fsp3) is 0.467. The van der Waals surface area contributed by atoms with Crippen LogP contribution in [0.4, 0.5) is 0 Å². The summed E-state index contributed by atoms with van der Waals surface area (Å²) in [6, 6.07) is 8.74. The third kappa shape index (κ3) is 5.05. The van der Waals surface area contributed by atoms with Crippen LogP contribution in [0, 0.1) is 0 Å². The molecule has 0 saturated carbocycles. The molecule has 0 saturated heterocycles. The average Bonchev–Trinajstić information content (AvgIpc) is 2.36.